The van der Waals surface area contributed by atoms with Gasteiger partial charge in [0.1, 0.15) is 5.78 Å². The molecule has 0 N–H and O–H groups in total. The lowest BCUT2D eigenvalue weighted by atomic mass is 9.65. The first-order valence-corrected chi connectivity index (χ1v) is 9.75. The minimum Gasteiger partial charge on any atom is -0.318 e. The molecule has 4 rings (SSSR count). The zero-order valence-corrected chi connectivity index (χ0v) is 16.5. The molecule has 4 atom stereocenters. The van der Waals surface area contributed by atoms with Gasteiger partial charge in [0.2, 0.25) is 0 Å². The lowest BCUT2D eigenvalue weighted by molar-refractivity contribution is -0.162. The van der Waals surface area contributed by atoms with Crippen LogP contribution in [-0.4, -0.2) is 17.5 Å². The van der Waals surface area contributed by atoms with Crippen LogP contribution in [0.5, 0.6) is 0 Å². The van der Waals surface area contributed by atoms with Crippen molar-refractivity contribution in [2.24, 2.45) is 38.1 Å². The number of Topliss-reactive ketones (excluding diaryl/α,β-unsaturated/α-hetero) is 1. The average molecular weight is 345 g/mol. The molecule has 4 fully saturated rings. The van der Waals surface area contributed by atoms with E-state index in [-0.39, 0.29) is 28.0 Å². The second-order valence-corrected chi connectivity index (χ2v) is 10.5. The zero-order chi connectivity index (χ0) is 18.5. The summed E-state index contributed by atoms with van der Waals surface area (Å²) in [6.45, 7) is 13.0. The fraction of sp³-hybridized carbons (Fsp3) is 0.857. The molecule has 25 heavy (non-hydrogen) atoms. The van der Waals surface area contributed by atoms with Crippen molar-refractivity contribution in [3.8, 4) is 0 Å². The highest BCUT2D eigenvalue weighted by molar-refractivity contribution is 5.98. The first-order chi connectivity index (χ1) is 11.4. The third-order valence-electron chi connectivity index (χ3n) is 9.85. The predicted octanol–water partition coefficient (Wildman–Crippen LogP) is 4.52. The van der Waals surface area contributed by atoms with E-state index in [0.717, 1.165) is 31.4 Å². The van der Waals surface area contributed by atoms with Crippen LogP contribution in [0.2, 0.25) is 0 Å². The van der Waals surface area contributed by atoms with Gasteiger partial charge in [-0.2, -0.15) is 0 Å². The number of carbonyl (C=O) groups is 2. The molecule has 0 spiro atoms. The van der Waals surface area contributed by atoms with Gasteiger partial charge in [-0.25, -0.2) is 4.79 Å². The van der Waals surface area contributed by atoms with Crippen molar-refractivity contribution in [1.29, 1.82) is 0 Å². The van der Waals surface area contributed by atoms with Crippen molar-refractivity contribution in [3.05, 3.63) is 0 Å². The minimum absolute atomic E-state index is 0.0286. The highest BCUT2D eigenvalue weighted by atomic mass is 16.7. The largest absolute Gasteiger partial charge is 0.342 e. The molecule has 0 radical (unpaired) electrons. The molecule has 0 amide bonds. The molecule has 0 saturated heterocycles. The highest BCUT2D eigenvalue weighted by Crippen LogP contribution is 2.71. The van der Waals surface area contributed by atoms with Crippen LogP contribution in [0.3, 0.4) is 0 Å². The van der Waals surface area contributed by atoms with E-state index in [1.54, 1.807) is 0 Å². The zero-order valence-electron chi connectivity index (χ0n) is 16.5. The van der Waals surface area contributed by atoms with Crippen LogP contribution < -0.4 is 0 Å². The molecule has 4 aliphatic rings. The molecule has 4 saturated carbocycles. The van der Waals surface area contributed by atoms with Gasteiger partial charge in [-0.15, -0.1) is 0 Å². The van der Waals surface area contributed by atoms with Gasteiger partial charge >= 0.3 is 5.97 Å². The second-order valence-electron chi connectivity index (χ2n) is 10.5. The lowest BCUT2D eigenvalue weighted by Gasteiger charge is -2.37. The predicted molar refractivity (Wildman–Crippen MR) is 95.9 cm³/mol. The Bertz CT molecular complexity index is 706. The van der Waals surface area contributed by atoms with Gasteiger partial charge in [-0.3, -0.25) is 4.79 Å². The van der Waals surface area contributed by atoms with Crippen LogP contribution in [0.1, 0.15) is 80.1 Å². The third-order valence-corrected chi connectivity index (χ3v) is 9.85. The summed E-state index contributed by atoms with van der Waals surface area (Å²) in [4.78, 5) is 31.2. The molecular formula is C21H31NO3. The third kappa shape index (κ3) is 1.67. The summed E-state index contributed by atoms with van der Waals surface area (Å²) in [7, 11) is 0. The minimum atomic E-state index is -0.697. The van der Waals surface area contributed by atoms with Gasteiger partial charge in [0.15, 0.2) is 0 Å². The van der Waals surface area contributed by atoms with Crippen LogP contribution >= 0.6 is 0 Å². The smallest absolute Gasteiger partial charge is 0.318 e. The first-order valence-electron chi connectivity index (χ1n) is 9.75. The molecule has 4 bridgehead atoms. The average Bonchev–Trinajstić information content (AvgIpc) is 3.02. The molecule has 0 heterocycles. The number of oxime groups is 1. The fourth-order valence-corrected chi connectivity index (χ4v) is 6.56. The monoisotopic (exact) mass is 345 g/mol. The Morgan fingerprint density at radius 2 is 1.72 bits per heavy atom. The highest BCUT2D eigenvalue weighted by Gasteiger charge is 2.73. The molecule has 0 aromatic heterocycles. The number of hydrogen-bond donors (Lipinski definition) is 0. The maximum absolute atomic E-state index is 13.1. The molecule has 4 aliphatic carbocycles. The maximum Gasteiger partial charge on any atom is 0.342 e. The van der Waals surface area contributed by atoms with Crippen LogP contribution in [0.15, 0.2) is 5.16 Å². The molecule has 4 nitrogen and oxygen atoms in total. The van der Waals surface area contributed by atoms with Crippen molar-refractivity contribution < 1.29 is 14.4 Å². The van der Waals surface area contributed by atoms with Crippen LogP contribution in [0.25, 0.3) is 0 Å². The van der Waals surface area contributed by atoms with Crippen LogP contribution in [-0.2, 0) is 14.4 Å². The van der Waals surface area contributed by atoms with Crippen molar-refractivity contribution >= 4 is 17.5 Å². The molecule has 0 unspecified atom stereocenters. The second kappa shape index (κ2) is 4.55. The molecule has 0 aliphatic heterocycles. The Morgan fingerprint density at radius 1 is 1.04 bits per heavy atom. The van der Waals surface area contributed by atoms with Crippen LogP contribution in [0.4, 0.5) is 0 Å². The number of carbonyl (C=O) groups excluding carboxylic acids is 2. The number of hydrogen-bond acceptors (Lipinski definition) is 4. The molecule has 138 valence electrons. The van der Waals surface area contributed by atoms with E-state index in [1.165, 1.54) is 6.42 Å². The van der Waals surface area contributed by atoms with Crippen LogP contribution in [0, 0.1) is 33.0 Å². The quantitative estimate of drug-likeness (QED) is 0.546. The van der Waals surface area contributed by atoms with Gasteiger partial charge in [0.05, 0.1) is 11.1 Å². The standard InChI is InChI=1S/C21H31NO3/c1-17(2)13-7-8-19(17,5)14(11-13)22-25-16(24)21-10-9-20(6,15(23)12-21)18(21,3)4/h13H,7-12H2,1-6H3/b22-14+/t13-,19-,20+,21-/m0/s1. The maximum atomic E-state index is 13.1. The van der Waals surface area contributed by atoms with Crippen molar-refractivity contribution in [1.82, 2.24) is 0 Å². The van der Waals surface area contributed by atoms with Crippen molar-refractivity contribution in [3.63, 3.8) is 0 Å². The molecule has 0 aromatic rings. The van der Waals surface area contributed by atoms with E-state index < -0.39 is 10.8 Å². The summed E-state index contributed by atoms with van der Waals surface area (Å²) in [6, 6.07) is 0. The summed E-state index contributed by atoms with van der Waals surface area (Å²) < 4.78 is 0. The van der Waals surface area contributed by atoms with E-state index in [0.29, 0.717) is 12.3 Å². The van der Waals surface area contributed by atoms with Crippen molar-refractivity contribution in [2.75, 3.05) is 0 Å². The SMILES string of the molecule is CC1(C)[C@H]2CC[C@@]1(C)/C(=N/OC(=O)[C@]13CC[C@](C)(C(=O)C1)C3(C)C)C2. The van der Waals surface area contributed by atoms with Crippen molar-refractivity contribution in [2.45, 2.75) is 80.1 Å². The van der Waals surface area contributed by atoms with Gasteiger partial charge in [-0.1, -0.05) is 46.7 Å². The summed E-state index contributed by atoms with van der Waals surface area (Å²) >= 11 is 0. The summed E-state index contributed by atoms with van der Waals surface area (Å²) in [6.07, 6.45) is 5.11. The Labute approximate surface area is 150 Å². The summed E-state index contributed by atoms with van der Waals surface area (Å²) in [5, 5.41) is 4.40. The molecule has 4 heteroatoms. The number of ketones is 1. The topological polar surface area (TPSA) is 55.7 Å². The number of nitrogens with zero attached hydrogens (tertiary/aromatic N) is 1. The molecular weight excluding hydrogens is 314 g/mol. The lowest BCUT2D eigenvalue weighted by Crippen LogP contribution is -2.41. The van der Waals surface area contributed by atoms with Gasteiger partial charge in [-0.05, 0) is 48.9 Å². The Hall–Kier alpha value is -1.19. The number of rotatable bonds is 2. The van der Waals surface area contributed by atoms with E-state index in [9.17, 15) is 9.59 Å². The van der Waals surface area contributed by atoms with E-state index in [4.69, 9.17) is 4.84 Å². The first kappa shape index (κ1) is 17.2. The van der Waals surface area contributed by atoms with E-state index in [1.807, 2.05) is 6.92 Å². The summed E-state index contributed by atoms with van der Waals surface area (Å²) in [5.41, 5.74) is -0.185. The van der Waals surface area contributed by atoms with Gasteiger partial charge < -0.3 is 4.84 Å². The van der Waals surface area contributed by atoms with E-state index >= 15 is 0 Å². The van der Waals surface area contributed by atoms with Gasteiger partial charge in [0.25, 0.3) is 0 Å². The molecule has 0 aromatic carbocycles. The summed E-state index contributed by atoms with van der Waals surface area (Å²) in [5.74, 6) is 0.553. The Morgan fingerprint density at radius 3 is 2.16 bits per heavy atom. The Kier molecular flexibility index (Phi) is 3.14. The Balaban J connectivity index is 1.60. The number of fused-ring (bicyclic) bond motifs is 4. The normalized spacial score (nSPS) is 47.7. The van der Waals surface area contributed by atoms with Gasteiger partial charge in [0, 0.05) is 17.3 Å². The van der Waals surface area contributed by atoms with E-state index in [2.05, 4.69) is 39.8 Å². The fourth-order valence-electron chi connectivity index (χ4n) is 6.56.